The van der Waals surface area contributed by atoms with Crippen LogP contribution in [0.25, 0.3) is 0 Å². The van der Waals surface area contributed by atoms with Crippen molar-refractivity contribution in [2.24, 2.45) is 5.92 Å². The molecule has 1 aromatic rings. The zero-order chi connectivity index (χ0) is 17.7. The van der Waals surface area contributed by atoms with E-state index in [9.17, 15) is 17.6 Å². The van der Waals surface area contributed by atoms with Gasteiger partial charge in [0.05, 0.1) is 12.4 Å². The zero-order valence-electron chi connectivity index (χ0n) is 13.9. The summed E-state index contributed by atoms with van der Waals surface area (Å²) in [5, 5.41) is 2.82. The highest BCUT2D eigenvalue weighted by molar-refractivity contribution is 7.88. The van der Waals surface area contributed by atoms with Gasteiger partial charge in [-0.05, 0) is 30.5 Å². The van der Waals surface area contributed by atoms with Crippen molar-refractivity contribution in [2.75, 3.05) is 33.0 Å². The van der Waals surface area contributed by atoms with Crippen LogP contribution < -0.4 is 5.32 Å². The third kappa shape index (κ3) is 4.99. The number of rotatable bonds is 6. The van der Waals surface area contributed by atoms with E-state index in [1.165, 1.54) is 29.8 Å². The molecule has 1 saturated heterocycles. The van der Waals surface area contributed by atoms with E-state index < -0.39 is 16.1 Å². The maximum Gasteiger partial charge on any atom is 0.223 e. The van der Waals surface area contributed by atoms with Gasteiger partial charge >= 0.3 is 0 Å². The molecule has 1 heterocycles. The predicted molar refractivity (Wildman–Crippen MR) is 88.3 cm³/mol. The van der Waals surface area contributed by atoms with Crippen molar-refractivity contribution in [2.45, 2.75) is 18.9 Å². The van der Waals surface area contributed by atoms with Crippen molar-refractivity contribution in [3.05, 3.63) is 35.6 Å². The fourth-order valence-electron chi connectivity index (χ4n) is 2.83. The van der Waals surface area contributed by atoms with Gasteiger partial charge in [0.25, 0.3) is 0 Å². The third-order valence-electron chi connectivity index (χ3n) is 4.26. The second-order valence-corrected chi connectivity index (χ2v) is 7.94. The van der Waals surface area contributed by atoms with E-state index in [1.807, 2.05) is 0 Å². The van der Waals surface area contributed by atoms with Crippen molar-refractivity contribution in [1.82, 2.24) is 9.62 Å². The normalized spacial score (nSPS) is 18.3. The van der Waals surface area contributed by atoms with Crippen LogP contribution >= 0.6 is 0 Å². The number of piperidine rings is 1. The topological polar surface area (TPSA) is 75.7 Å². The number of hydrogen-bond acceptors (Lipinski definition) is 4. The van der Waals surface area contributed by atoms with Gasteiger partial charge in [-0.15, -0.1) is 0 Å². The average Bonchev–Trinajstić information content (AvgIpc) is 2.54. The van der Waals surface area contributed by atoms with Crippen LogP contribution in [0.3, 0.4) is 0 Å². The number of ether oxygens (including phenoxy) is 1. The zero-order valence-corrected chi connectivity index (χ0v) is 14.7. The summed E-state index contributed by atoms with van der Waals surface area (Å²) in [6.45, 7) is 0.953. The van der Waals surface area contributed by atoms with Crippen molar-refractivity contribution >= 4 is 15.9 Å². The number of methoxy groups -OCH3 is 1. The molecular weight excluding hydrogens is 335 g/mol. The minimum Gasteiger partial charge on any atom is -0.375 e. The maximum absolute atomic E-state index is 13.3. The lowest BCUT2D eigenvalue weighted by Crippen LogP contribution is -2.43. The number of sulfonamides is 1. The number of carbonyl (C=O) groups excluding carboxylic acids is 1. The van der Waals surface area contributed by atoms with Crippen LogP contribution in [0.15, 0.2) is 24.3 Å². The summed E-state index contributed by atoms with van der Waals surface area (Å²) in [4.78, 5) is 12.3. The Morgan fingerprint density at radius 3 is 2.62 bits per heavy atom. The minimum absolute atomic E-state index is 0.124. The van der Waals surface area contributed by atoms with Crippen molar-refractivity contribution in [3.63, 3.8) is 0 Å². The van der Waals surface area contributed by atoms with Gasteiger partial charge in [-0.1, -0.05) is 12.1 Å². The summed E-state index contributed by atoms with van der Waals surface area (Å²) in [6.07, 6.45) is 1.74. The van der Waals surface area contributed by atoms with Crippen molar-refractivity contribution in [1.29, 1.82) is 0 Å². The standard InChI is InChI=1S/C16H23FN2O4S/c1-23-15(13-4-3-5-14(17)10-13)11-18-16(20)12-6-8-19(9-7-12)24(2,21)22/h3-5,10,12,15H,6-9,11H2,1-2H3,(H,18,20)/t15-/m1/s1. The second kappa shape index (κ2) is 8.04. The van der Waals surface area contributed by atoms with Crippen LogP contribution in [0, 0.1) is 11.7 Å². The van der Waals surface area contributed by atoms with Gasteiger partial charge in [0.1, 0.15) is 5.82 Å². The van der Waals surface area contributed by atoms with Gasteiger partial charge in [0.15, 0.2) is 0 Å². The molecule has 1 aromatic carbocycles. The van der Waals surface area contributed by atoms with E-state index in [-0.39, 0.29) is 24.2 Å². The predicted octanol–water partition coefficient (Wildman–Crippen LogP) is 1.30. The Morgan fingerprint density at radius 1 is 1.42 bits per heavy atom. The van der Waals surface area contributed by atoms with Crippen LogP contribution in [0.1, 0.15) is 24.5 Å². The third-order valence-corrected chi connectivity index (χ3v) is 5.56. The molecule has 0 bridgehead atoms. The SMILES string of the molecule is CO[C@H](CNC(=O)C1CCN(S(C)(=O)=O)CC1)c1cccc(F)c1. The van der Waals surface area contributed by atoms with Gasteiger partial charge in [-0.25, -0.2) is 17.1 Å². The fourth-order valence-corrected chi connectivity index (χ4v) is 3.71. The number of hydrogen-bond donors (Lipinski definition) is 1. The molecule has 24 heavy (non-hydrogen) atoms. The molecular formula is C16H23FN2O4S. The summed E-state index contributed by atoms with van der Waals surface area (Å²) < 4.78 is 43.0. The molecule has 0 saturated carbocycles. The Labute approximate surface area is 142 Å². The Balaban J connectivity index is 1.86. The molecule has 6 nitrogen and oxygen atoms in total. The molecule has 1 N–H and O–H groups in total. The first-order chi connectivity index (χ1) is 11.3. The Morgan fingerprint density at radius 2 is 2.08 bits per heavy atom. The van der Waals surface area contributed by atoms with E-state index in [1.54, 1.807) is 12.1 Å². The van der Waals surface area contributed by atoms with Crippen LogP contribution in [0.4, 0.5) is 4.39 Å². The number of halogens is 1. The summed E-state index contributed by atoms with van der Waals surface area (Å²) in [6, 6.07) is 6.07. The van der Waals surface area contributed by atoms with E-state index in [4.69, 9.17) is 4.74 Å². The number of nitrogens with zero attached hydrogens (tertiary/aromatic N) is 1. The van der Waals surface area contributed by atoms with E-state index in [0.29, 0.717) is 31.5 Å². The fraction of sp³-hybridized carbons (Fsp3) is 0.562. The summed E-state index contributed by atoms with van der Waals surface area (Å²) in [7, 11) is -1.69. The molecule has 0 radical (unpaired) electrons. The van der Waals surface area contributed by atoms with Crippen LogP contribution in [0.2, 0.25) is 0 Å². The Hall–Kier alpha value is -1.51. The molecule has 0 aromatic heterocycles. The highest BCUT2D eigenvalue weighted by Gasteiger charge is 2.29. The number of carbonyl (C=O) groups is 1. The molecule has 1 aliphatic rings. The first kappa shape index (κ1) is 18.8. The monoisotopic (exact) mass is 358 g/mol. The summed E-state index contributed by atoms with van der Waals surface area (Å²) >= 11 is 0. The smallest absolute Gasteiger partial charge is 0.223 e. The largest absolute Gasteiger partial charge is 0.375 e. The molecule has 1 atom stereocenters. The number of amides is 1. The van der Waals surface area contributed by atoms with Gasteiger partial charge in [-0.2, -0.15) is 0 Å². The highest BCUT2D eigenvalue weighted by Crippen LogP contribution is 2.20. The van der Waals surface area contributed by atoms with Crippen molar-refractivity contribution < 1.29 is 22.3 Å². The molecule has 8 heteroatoms. The number of benzene rings is 1. The van der Waals surface area contributed by atoms with Crippen LogP contribution in [-0.2, 0) is 19.6 Å². The van der Waals surface area contributed by atoms with Crippen molar-refractivity contribution in [3.8, 4) is 0 Å². The first-order valence-corrected chi connectivity index (χ1v) is 9.67. The Bertz CT molecular complexity index is 672. The first-order valence-electron chi connectivity index (χ1n) is 7.82. The summed E-state index contributed by atoms with van der Waals surface area (Å²) in [5.41, 5.74) is 0.657. The highest BCUT2D eigenvalue weighted by atomic mass is 32.2. The molecule has 0 spiro atoms. The maximum atomic E-state index is 13.3. The second-order valence-electron chi connectivity index (χ2n) is 5.96. The molecule has 2 rings (SSSR count). The van der Waals surface area contributed by atoms with Gasteiger partial charge in [0.2, 0.25) is 15.9 Å². The van der Waals surface area contributed by atoms with Gasteiger partial charge in [0, 0.05) is 32.7 Å². The van der Waals surface area contributed by atoms with Gasteiger partial charge < -0.3 is 10.1 Å². The van der Waals surface area contributed by atoms with Gasteiger partial charge in [-0.3, -0.25) is 4.79 Å². The lowest BCUT2D eigenvalue weighted by Gasteiger charge is -2.29. The lowest BCUT2D eigenvalue weighted by molar-refractivity contribution is -0.126. The van der Waals surface area contributed by atoms with E-state index in [0.717, 1.165) is 0 Å². The molecule has 134 valence electrons. The Kier molecular flexibility index (Phi) is 6.31. The molecule has 0 unspecified atom stereocenters. The quantitative estimate of drug-likeness (QED) is 0.832. The molecule has 1 fully saturated rings. The van der Waals surface area contributed by atoms with Crippen LogP contribution in [0.5, 0.6) is 0 Å². The summed E-state index contributed by atoms with van der Waals surface area (Å²) in [5.74, 6) is -0.691. The van der Waals surface area contributed by atoms with E-state index in [2.05, 4.69) is 5.32 Å². The minimum atomic E-state index is -3.20. The van der Waals surface area contributed by atoms with Crippen LogP contribution in [-0.4, -0.2) is 51.6 Å². The average molecular weight is 358 g/mol. The molecule has 1 aliphatic heterocycles. The lowest BCUT2D eigenvalue weighted by atomic mass is 9.97. The van der Waals surface area contributed by atoms with E-state index >= 15 is 0 Å². The molecule has 0 aliphatic carbocycles. The number of nitrogens with one attached hydrogen (secondary N) is 1. The molecule has 1 amide bonds.